The molecule has 2 N–H and O–H groups in total. The van der Waals surface area contributed by atoms with Gasteiger partial charge in [-0.25, -0.2) is 12.7 Å². The zero-order chi connectivity index (χ0) is 18.9. The number of carbonyl (C=O) groups excluding carboxylic acids is 1. The van der Waals surface area contributed by atoms with E-state index in [-0.39, 0.29) is 12.8 Å². The second-order valence-corrected chi connectivity index (χ2v) is 7.70. The highest BCUT2D eigenvalue weighted by molar-refractivity contribution is 7.89. The molecule has 0 heterocycles. The van der Waals surface area contributed by atoms with Crippen LogP contribution in [0.2, 0.25) is 0 Å². The fourth-order valence-corrected chi connectivity index (χ4v) is 3.95. The molecule has 0 spiro atoms. The molecule has 0 bridgehead atoms. The Kier molecular flexibility index (Phi) is 8.57. The van der Waals surface area contributed by atoms with E-state index in [1.807, 2.05) is 30.3 Å². The predicted molar refractivity (Wildman–Crippen MR) is 95.7 cm³/mol. The minimum Gasteiger partial charge on any atom is -0.481 e. The minimum absolute atomic E-state index is 0.0967. The van der Waals surface area contributed by atoms with Crippen molar-refractivity contribution >= 4 is 21.9 Å². The standard InChI is InChI=1S/C17H26N2O5S/c1-3-19(4-2)25(23,24)13-16(20)18-15(10-11-17(21)22)12-14-8-6-5-7-9-14/h5-9,15H,3-4,10-13H2,1-2H3,(H,18,20)(H,21,22). The molecule has 0 fully saturated rings. The summed E-state index contributed by atoms with van der Waals surface area (Å²) in [5.41, 5.74) is 0.949. The lowest BCUT2D eigenvalue weighted by Crippen LogP contribution is -2.43. The fourth-order valence-electron chi connectivity index (χ4n) is 2.56. The number of carboxylic acid groups (broad SMARTS) is 1. The van der Waals surface area contributed by atoms with Gasteiger partial charge in [-0.1, -0.05) is 44.2 Å². The van der Waals surface area contributed by atoms with E-state index >= 15 is 0 Å². The van der Waals surface area contributed by atoms with Crippen molar-refractivity contribution in [2.75, 3.05) is 18.8 Å². The maximum Gasteiger partial charge on any atom is 0.303 e. The third-order valence-electron chi connectivity index (χ3n) is 3.81. The highest BCUT2D eigenvalue weighted by Crippen LogP contribution is 2.09. The number of nitrogens with zero attached hydrogens (tertiary/aromatic N) is 1. The molecule has 1 rings (SSSR count). The van der Waals surface area contributed by atoms with Crippen LogP contribution in [0, 0.1) is 0 Å². The lowest BCUT2D eigenvalue weighted by Gasteiger charge is -2.21. The van der Waals surface area contributed by atoms with Gasteiger partial charge in [0.25, 0.3) is 0 Å². The Morgan fingerprint density at radius 2 is 1.76 bits per heavy atom. The maximum atomic E-state index is 12.2. The monoisotopic (exact) mass is 370 g/mol. The summed E-state index contributed by atoms with van der Waals surface area (Å²) in [6.45, 7) is 4.03. The summed E-state index contributed by atoms with van der Waals surface area (Å²) >= 11 is 0. The van der Waals surface area contributed by atoms with Crippen molar-refractivity contribution in [2.45, 2.75) is 39.2 Å². The van der Waals surface area contributed by atoms with Crippen LogP contribution in [0.1, 0.15) is 32.3 Å². The van der Waals surface area contributed by atoms with Gasteiger partial charge in [-0.3, -0.25) is 9.59 Å². The van der Waals surface area contributed by atoms with Gasteiger partial charge in [0.15, 0.2) is 0 Å². The molecule has 0 saturated carbocycles. The number of amides is 1. The third kappa shape index (κ3) is 7.66. The van der Waals surface area contributed by atoms with Crippen LogP contribution >= 0.6 is 0 Å². The van der Waals surface area contributed by atoms with E-state index in [4.69, 9.17) is 5.11 Å². The molecule has 0 saturated heterocycles. The van der Waals surface area contributed by atoms with Crippen LogP contribution in [-0.2, 0) is 26.0 Å². The molecule has 1 amide bonds. The Hall–Kier alpha value is -1.93. The van der Waals surface area contributed by atoms with Crippen LogP contribution in [0.15, 0.2) is 30.3 Å². The van der Waals surface area contributed by atoms with E-state index in [9.17, 15) is 18.0 Å². The number of carboxylic acids is 1. The van der Waals surface area contributed by atoms with Gasteiger partial charge in [0.2, 0.25) is 15.9 Å². The SMILES string of the molecule is CCN(CC)S(=O)(=O)CC(=O)NC(CCC(=O)O)Cc1ccccc1. The molecule has 0 aliphatic heterocycles. The Bertz CT molecular complexity index is 657. The van der Waals surface area contributed by atoms with E-state index in [1.54, 1.807) is 13.8 Å². The van der Waals surface area contributed by atoms with Gasteiger partial charge in [0.05, 0.1) is 0 Å². The molecule has 1 aromatic carbocycles. The summed E-state index contributed by atoms with van der Waals surface area (Å²) in [5, 5.41) is 11.5. The van der Waals surface area contributed by atoms with Crippen LogP contribution in [0.4, 0.5) is 0 Å². The van der Waals surface area contributed by atoms with E-state index in [2.05, 4.69) is 5.32 Å². The second kappa shape index (κ2) is 10.1. The molecular formula is C17H26N2O5S. The van der Waals surface area contributed by atoms with Gasteiger partial charge in [0, 0.05) is 25.6 Å². The minimum atomic E-state index is -3.67. The van der Waals surface area contributed by atoms with Crippen LogP contribution < -0.4 is 5.32 Å². The first-order chi connectivity index (χ1) is 11.8. The van der Waals surface area contributed by atoms with Gasteiger partial charge >= 0.3 is 5.97 Å². The molecule has 1 unspecified atom stereocenters. The van der Waals surface area contributed by atoms with Crippen molar-refractivity contribution < 1.29 is 23.1 Å². The van der Waals surface area contributed by atoms with Gasteiger partial charge in [0.1, 0.15) is 5.75 Å². The summed E-state index contributed by atoms with van der Waals surface area (Å²) in [4.78, 5) is 23.0. The third-order valence-corrected chi connectivity index (χ3v) is 5.74. The summed E-state index contributed by atoms with van der Waals surface area (Å²) in [6.07, 6.45) is 0.590. The lowest BCUT2D eigenvalue weighted by atomic mass is 10.0. The van der Waals surface area contributed by atoms with E-state index in [0.29, 0.717) is 19.5 Å². The van der Waals surface area contributed by atoms with Crippen LogP contribution in [0.3, 0.4) is 0 Å². The number of carbonyl (C=O) groups is 2. The van der Waals surface area contributed by atoms with Crippen molar-refractivity contribution in [3.05, 3.63) is 35.9 Å². The molecule has 0 aliphatic rings. The predicted octanol–water partition coefficient (Wildman–Crippen LogP) is 1.25. The maximum absolute atomic E-state index is 12.2. The quantitative estimate of drug-likeness (QED) is 0.610. The van der Waals surface area contributed by atoms with E-state index in [1.165, 1.54) is 4.31 Å². The molecule has 140 valence electrons. The largest absolute Gasteiger partial charge is 0.481 e. The van der Waals surface area contributed by atoms with Crippen molar-refractivity contribution in [3.8, 4) is 0 Å². The van der Waals surface area contributed by atoms with Gasteiger partial charge in [-0.2, -0.15) is 0 Å². The normalized spacial score (nSPS) is 12.8. The Labute approximate surface area is 149 Å². The molecule has 1 atom stereocenters. The number of hydrogen-bond donors (Lipinski definition) is 2. The Balaban J connectivity index is 2.75. The molecule has 7 nitrogen and oxygen atoms in total. The molecular weight excluding hydrogens is 344 g/mol. The molecule has 0 aliphatic carbocycles. The van der Waals surface area contributed by atoms with Crippen molar-refractivity contribution in [2.24, 2.45) is 0 Å². The first kappa shape index (κ1) is 21.1. The smallest absolute Gasteiger partial charge is 0.303 e. The number of nitrogens with one attached hydrogen (secondary N) is 1. The van der Waals surface area contributed by atoms with Crippen LogP contribution in [0.25, 0.3) is 0 Å². The average Bonchev–Trinajstić information content (AvgIpc) is 2.53. The van der Waals surface area contributed by atoms with Gasteiger partial charge in [-0.05, 0) is 18.4 Å². The summed E-state index contributed by atoms with van der Waals surface area (Å²) in [6, 6.07) is 8.91. The van der Waals surface area contributed by atoms with Crippen LogP contribution in [-0.4, -0.2) is 54.6 Å². The molecule has 0 aromatic heterocycles. The van der Waals surface area contributed by atoms with Crippen molar-refractivity contribution in [1.29, 1.82) is 0 Å². The number of rotatable bonds is 11. The van der Waals surface area contributed by atoms with Crippen LogP contribution in [0.5, 0.6) is 0 Å². The summed E-state index contributed by atoms with van der Waals surface area (Å²) in [7, 11) is -3.67. The Morgan fingerprint density at radius 3 is 2.28 bits per heavy atom. The zero-order valence-electron chi connectivity index (χ0n) is 14.6. The molecule has 1 aromatic rings. The Morgan fingerprint density at radius 1 is 1.16 bits per heavy atom. The number of aliphatic carboxylic acids is 1. The van der Waals surface area contributed by atoms with Gasteiger partial charge < -0.3 is 10.4 Å². The number of benzene rings is 1. The summed E-state index contributed by atoms with van der Waals surface area (Å²) < 4.78 is 25.6. The second-order valence-electron chi connectivity index (χ2n) is 5.73. The molecule has 8 heteroatoms. The number of sulfonamides is 1. The number of hydrogen-bond acceptors (Lipinski definition) is 4. The van der Waals surface area contributed by atoms with E-state index < -0.39 is 33.7 Å². The fraction of sp³-hybridized carbons (Fsp3) is 0.529. The highest BCUT2D eigenvalue weighted by Gasteiger charge is 2.24. The first-order valence-electron chi connectivity index (χ1n) is 8.31. The average molecular weight is 370 g/mol. The first-order valence-corrected chi connectivity index (χ1v) is 9.92. The lowest BCUT2D eigenvalue weighted by molar-refractivity contribution is -0.137. The van der Waals surface area contributed by atoms with Crippen molar-refractivity contribution in [3.63, 3.8) is 0 Å². The highest BCUT2D eigenvalue weighted by atomic mass is 32.2. The zero-order valence-corrected chi connectivity index (χ0v) is 15.5. The topological polar surface area (TPSA) is 104 Å². The summed E-state index contributed by atoms with van der Waals surface area (Å²) in [5.74, 6) is -2.20. The van der Waals surface area contributed by atoms with E-state index in [0.717, 1.165) is 5.56 Å². The molecule has 0 radical (unpaired) electrons. The van der Waals surface area contributed by atoms with Gasteiger partial charge in [-0.15, -0.1) is 0 Å². The van der Waals surface area contributed by atoms with Crippen molar-refractivity contribution in [1.82, 2.24) is 9.62 Å². The molecule has 25 heavy (non-hydrogen) atoms.